The van der Waals surface area contributed by atoms with E-state index in [1.54, 1.807) is 11.8 Å². The molecule has 2 N–H and O–H groups in total. The number of fused-ring (bicyclic) bond motifs is 1. The summed E-state index contributed by atoms with van der Waals surface area (Å²) in [6.07, 6.45) is 3.11. The molecule has 1 amide bonds. The molecule has 1 aromatic heterocycles. The number of rotatable bonds is 14. The second kappa shape index (κ2) is 15.8. The SMILES string of the molecule is CCCCCOc1c(Br)cc(C2C(C(=O)Nc3ccccc3OCC)=C(C)Nc3nc(SCc4ccccc4Cl)nn32)cc1OC. The molecule has 242 valence electrons. The third kappa shape index (κ3) is 7.65. The van der Waals surface area contributed by atoms with Crippen molar-refractivity contribution < 1.29 is 19.0 Å². The van der Waals surface area contributed by atoms with Crippen molar-refractivity contribution in [2.45, 2.75) is 57.0 Å². The molecule has 1 aliphatic heterocycles. The van der Waals surface area contributed by atoms with Crippen LogP contribution >= 0.6 is 39.3 Å². The van der Waals surface area contributed by atoms with Gasteiger partial charge in [-0.1, -0.05) is 73.5 Å². The Morgan fingerprint density at radius 2 is 1.87 bits per heavy atom. The van der Waals surface area contributed by atoms with Gasteiger partial charge in [-0.15, -0.1) is 5.10 Å². The van der Waals surface area contributed by atoms with Crippen molar-refractivity contribution in [3.8, 4) is 17.2 Å². The number of carbonyl (C=O) groups excluding carboxylic acids is 1. The van der Waals surface area contributed by atoms with E-state index in [1.807, 2.05) is 74.5 Å². The highest BCUT2D eigenvalue weighted by Crippen LogP contribution is 2.44. The van der Waals surface area contributed by atoms with Gasteiger partial charge in [0.25, 0.3) is 5.91 Å². The van der Waals surface area contributed by atoms with Gasteiger partial charge >= 0.3 is 0 Å². The monoisotopic (exact) mass is 725 g/mol. The number of thioether (sulfide) groups is 1. The van der Waals surface area contributed by atoms with Crippen LogP contribution in [-0.2, 0) is 10.5 Å². The first-order valence-corrected chi connectivity index (χ1v) is 17.3. The molecule has 0 saturated heterocycles. The number of halogens is 2. The van der Waals surface area contributed by atoms with Crippen LogP contribution in [0.15, 0.2) is 81.6 Å². The molecular weight excluding hydrogens is 690 g/mol. The quantitative estimate of drug-likeness (QED) is 0.0983. The van der Waals surface area contributed by atoms with Gasteiger partial charge in [0, 0.05) is 16.5 Å². The average molecular weight is 727 g/mol. The van der Waals surface area contributed by atoms with E-state index in [0.717, 1.165) is 30.4 Å². The van der Waals surface area contributed by atoms with Crippen molar-refractivity contribution >= 4 is 56.8 Å². The third-order valence-electron chi connectivity index (χ3n) is 7.39. The molecule has 1 unspecified atom stereocenters. The molecule has 46 heavy (non-hydrogen) atoms. The lowest BCUT2D eigenvalue weighted by Gasteiger charge is -2.29. The van der Waals surface area contributed by atoms with Crippen LogP contribution in [0.4, 0.5) is 11.6 Å². The molecule has 5 rings (SSSR count). The van der Waals surface area contributed by atoms with Crippen molar-refractivity contribution in [1.82, 2.24) is 14.8 Å². The number of nitrogens with zero attached hydrogens (tertiary/aromatic N) is 3. The predicted molar refractivity (Wildman–Crippen MR) is 187 cm³/mol. The van der Waals surface area contributed by atoms with Crippen LogP contribution in [0.5, 0.6) is 17.2 Å². The number of benzene rings is 3. The van der Waals surface area contributed by atoms with Crippen molar-refractivity contribution in [2.75, 3.05) is 31.0 Å². The van der Waals surface area contributed by atoms with E-state index < -0.39 is 6.04 Å². The lowest BCUT2D eigenvalue weighted by molar-refractivity contribution is -0.113. The van der Waals surface area contributed by atoms with Crippen LogP contribution in [-0.4, -0.2) is 41.0 Å². The van der Waals surface area contributed by atoms with Gasteiger partial charge in [-0.05, 0) is 77.7 Å². The number of hydrogen-bond acceptors (Lipinski definition) is 8. The first kappa shape index (κ1) is 33.7. The van der Waals surface area contributed by atoms with Crippen molar-refractivity contribution in [1.29, 1.82) is 0 Å². The Bertz CT molecular complexity index is 1730. The number of anilines is 2. The lowest BCUT2D eigenvalue weighted by atomic mass is 9.94. The van der Waals surface area contributed by atoms with Crippen LogP contribution in [0, 0.1) is 0 Å². The molecule has 2 heterocycles. The highest BCUT2D eigenvalue weighted by atomic mass is 79.9. The molecule has 1 atom stereocenters. The van der Waals surface area contributed by atoms with Crippen LogP contribution in [0.2, 0.25) is 5.02 Å². The van der Waals surface area contributed by atoms with Crippen molar-refractivity contribution in [2.24, 2.45) is 0 Å². The largest absolute Gasteiger partial charge is 0.493 e. The number of carbonyl (C=O) groups is 1. The highest BCUT2D eigenvalue weighted by Gasteiger charge is 2.36. The van der Waals surface area contributed by atoms with E-state index in [0.29, 0.717) is 73.8 Å². The fourth-order valence-corrected chi connectivity index (χ4v) is 6.85. The molecule has 1 aliphatic rings. The van der Waals surface area contributed by atoms with Gasteiger partial charge in [0.05, 0.1) is 36.1 Å². The minimum atomic E-state index is -0.642. The number of para-hydroxylation sites is 2. The van der Waals surface area contributed by atoms with Crippen LogP contribution in [0.1, 0.15) is 57.2 Å². The smallest absolute Gasteiger partial charge is 0.255 e. The van der Waals surface area contributed by atoms with E-state index in [2.05, 4.69) is 33.5 Å². The van der Waals surface area contributed by atoms with Crippen LogP contribution < -0.4 is 24.8 Å². The van der Waals surface area contributed by atoms with Gasteiger partial charge in [-0.2, -0.15) is 4.98 Å². The van der Waals surface area contributed by atoms with Crippen molar-refractivity contribution in [3.63, 3.8) is 0 Å². The van der Waals surface area contributed by atoms with E-state index in [-0.39, 0.29) is 5.91 Å². The Kier molecular flexibility index (Phi) is 11.5. The molecule has 12 heteroatoms. The fraction of sp³-hybridized carbons (Fsp3) is 0.324. The number of aromatic nitrogens is 3. The summed E-state index contributed by atoms with van der Waals surface area (Å²) >= 11 is 11.6. The molecular formula is C34H37BrClN5O4S. The molecule has 0 fully saturated rings. The minimum absolute atomic E-state index is 0.302. The predicted octanol–water partition coefficient (Wildman–Crippen LogP) is 8.89. The van der Waals surface area contributed by atoms with E-state index in [9.17, 15) is 4.79 Å². The maximum atomic E-state index is 14.2. The van der Waals surface area contributed by atoms with Gasteiger partial charge in [0.1, 0.15) is 11.8 Å². The summed E-state index contributed by atoms with van der Waals surface area (Å²) in [5.41, 5.74) is 3.44. The topological polar surface area (TPSA) is 99.5 Å². The normalized spacial score (nSPS) is 14.0. The third-order valence-corrected chi connectivity index (χ3v) is 9.23. The summed E-state index contributed by atoms with van der Waals surface area (Å²) in [4.78, 5) is 19.0. The molecule has 3 aromatic carbocycles. The first-order valence-electron chi connectivity index (χ1n) is 15.2. The zero-order valence-electron chi connectivity index (χ0n) is 26.2. The number of amides is 1. The highest BCUT2D eigenvalue weighted by molar-refractivity contribution is 9.10. The maximum Gasteiger partial charge on any atom is 0.255 e. The Morgan fingerprint density at radius 1 is 1.09 bits per heavy atom. The number of nitrogens with one attached hydrogen (secondary N) is 2. The van der Waals surface area contributed by atoms with Gasteiger partial charge in [0.2, 0.25) is 11.1 Å². The minimum Gasteiger partial charge on any atom is -0.493 e. The van der Waals surface area contributed by atoms with E-state index in [1.165, 1.54) is 11.8 Å². The van der Waals surface area contributed by atoms with Crippen LogP contribution in [0.3, 0.4) is 0 Å². The summed E-state index contributed by atoms with van der Waals surface area (Å²) in [7, 11) is 1.61. The Morgan fingerprint density at radius 3 is 2.63 bits per heavy atom. The average Bonchev–Trinajstić information content (AvgIpc) is 3.45. The lowest BCUT2D eigenvalue weighted by Crippen LogP contribution is -2.31. The molecule has 0 saturated carbocycles. The van der Waals surface area contributed by atoms with Gasteiger partial charge < -0.3 is 24.8 Å². The van der Waals surface area contributed by atoms with Crippen molar-refractivity contribution in [3.05, 3.63) is 92.6 Å². The number of unbranched alkanes of at least 4 members (excludes halogenated alkanes) is 2. The molecule has 0 aliphatic carbocycles. The second-order valence-corrected chi connectivity index (χ2v) is 12.8. The maximum absolute atomic E-state index is 14.2. The van der Waals surface area contributed by atoms with E-state index in [4.69, 9.17) is 35.9 Å². The summed E-state index contributed by atoms with van der Waals surface area (Å²) in [6, 6.07) is 18.3. The standard InChI is InChI=1S/C34H37BrClN5O4S/c1-5-7-12-17-45-31-24(35)18-23(19-28(31)43-4)30-29(32(42)38-26-15-10-11-16-27(26)44-6-2)21(3)37-33-39-34(40-41(30)33)46-20-22-13-8-9-14-25(22)36/h8-11,13-16,18-19,30H,5-7,12,17,20H2,1-4H3,(H,38,42)(H,37,39,40). The Balaban J connectivity index is 1.54. The Hall–Kier alpha value is -3.67. The molecule has 0 radical (unpaired) electrons. The van der Waals surface area contributed by atoms with E-state index >= 15 is 0 Å². The summed E-state index contributed by atoms with van der Waals surface area (Å²) in [6.45, 7) is 6.96. The number of ether oxygens (including phenoxy) is 3. The summed E-state index contributed by atoms with van der Waals surface area (Å²) in [5, 5.41) is 12.5. The van der Waals surface area contributed by atoms with Gasteiger partial charge in [-0.25, -0.2) is 4.68 Å². The molecule has 9 nitrogen and oxygen atoms in total. The first-order chi connectivity index (χ1) is 22.3. The van der Waals surface area contributed by atoms with Gasteiger partial charge in [0.15, 0.2) is 11.5 Å². The molecule has 0 spiro atoms. The number of methoxy groups -OCH3 is 1. The van der Waals surface area contributed by atoms with Crippen LogP contribution in [0.25, 0.3) is 0 Å². The molecule has 4 aromatic rings. The second-order valence-electron chi connectivity index (χ2n) is 10.6. The summed E-state index contributed by atoms with van der Waals surface area (Å²) < 4.78 is 20.2. The number of hydrogen-bond donors (Lipinski definition) is 2. The fourth-order valence-electron chi connectivity index (χ4n) is 5.16. The summed E-state index contributed by atoms with van der Waals surface area (Å²) in [5.74, 6) is 2.56. The number of allylic oxidation sites excluding steroid dienone is 1. The zero-order chi connectivity index (χ0) is 32.6. The van der Waals surface area contributed by atoms with Gasteiger partial charge in [-0.3, -0.25) is 4.79 Å². The Labute approximate surface area is 287 Å². The molecule has 0 bridgehead atoms. The zero-order valence-corrected chi connectivity index (χ0v) is 29.4.